The Hall–Kier alpha value is -0.740. The molecule has 1 aliphatic heterocycles. The van der Waals surface area contributed by atoms with Gasteiger partial charge in [-0.15, -0.1) is 0 Å². The van der Waals surface area contributed by atoms with Crippen LogP contribution in [-0.2, 0) is 6.54 Å². The molecule has 1 N–H and O–H groups in total. The van der Waals surface area contributed by atoms with E-state index in [0.29, 0.717) is 12.8 Å². The molecule has 3 nitrogen and oxygen atoms in total. The van der Waals surface area contributed by atoms with E-state index < -0.39 is 0 Å². The first-order valence-corrected chi connectivity index (χ1v) is 8.85. The summed E-state index contributed by atoms with van der Waals surface area (Å²) in [4.78, 5) is 0. The largest absolute Gasteiger partial charge is 0.454 e. The van der Waals surface area contributed by atoms with Gasteiger partial charge in [0.2, 0.25) is 6.79 Å². The van der Waals surface area contributed by atoms with Crippen molar-refractivity contribution in [1.29, 1.82) is 0 Å². The molecule has 116 valence electrons. The Bertz CT molecular complexity index is 484. The number of halogens is 1. The topological polar surface area (TPSA) is 30.5 Å². The molecule has 4 heteroatoms. The lowest BCUT2D eigenvalue weighted by Crippen LogP contribution is -2.33. The first-order chi connectivity index (χ1) is 10.2. The van der Waals surface area contributed by atoms with Gasteiger partial charge in [-0.05, 0) is 43.4 Å². The third-order valence-electron chi connectivity index (χ3n) is 4.76. The number of ether oxygens (including phenoxy) is 2. The van der Waals surface area contributed by atoms with Crippen LogP contribution in [0, 0.1) is 5.92 Å². The Labute approximate surface area is 135 Å². The smallest absolute Gasteiger partial charge is 0.231 e. The van der Waals surface area contributed by atoms with Crippen molar-refractivity contribution in [1.82, 2.24) is 5.32 Å². The lowest BCUT2D eigenvalue weighted by Gasteiger charge is -2.24. The quantitative estimate of drug-likeness (QED) is 0.800. The zero-order valence-electron chi connectivity index (χ0n) is 12.7. The molecule has 1 aromatic carbocycles. The lowest BCUT2D eigenvalue weighted by molar-refractivity contribution is 0.174. The summed E-state index contributed by atoms with van der Waals surface area (Å²) in [7, 11) is 0. The summed E-state index contributed by atoms with van der Waals surface area (Å²) in [5, 5.41) is 3.70. The number of rotatable bonds is 4. The Kier molecular flexibility index (Phi) is 5.07. The van der Waals surface area contributed by atoms with Crippen LogP contribution in [0.2, 0.25) is 0 Å². The molecule has 1 aliphatic carbocycles. The molecule has 0 bridgehead atoms. The highest BCUT2D eigenvalue weighted by Gasteiger charge is 2.20. The highest BCUT2D eigenvalue weighted by atomic mass is 79.9. The van der Waals surface area contributed by atoms with Crippen molar-refractivity contribution in [2.45, 2.75) is 58.0 Å². The molecule has 1 saturated carbocycles. The van der Waals surface area contributed by atoms with Gasteiger partial charge in [0, 0.05) is 17.1 Å². The van der Waals surface area contributed by atoms with Crippen LogP contribution in [0.4, 0.5) is 0 Å². The predicted molar refractivity (Wildman–Crippen MR) is 87.8 cm³/mol. The summed E-state index contributed by atoms with van der Waals surface area (Å²) >= 11 is 3.63. The fourth-order valence-corrected chi connectivity index (χ4v) is 3.81. The van der Waals surface area contributed by atoms with Crippen molar-refractivity contribution >= 4 is 15.9 Å². The summed E-state index contributed by atoms with van der Waals surface area (Å²) in [5.41, 5.74) is 1.24. The third-order valence-corrected chi connectivity index (χ3v) is 5.50. The molecule has 0 aromatic heterocycles. The molecule has 0 spiro atoms. The predicted octanol–water partition coefficient (Wildman–Crippen LogP) is 4.63. The summed E-state index contributed by atoms with van der Waals surface area (Å²) in [6, 6.07) is 4.66. The van der Waals surface area contributed by atoms with Crippen LogP contribution in [-0.4, -0.2) is 12.8 Å². The standard InChI is InChI=1S/C17H24BrNO2/c1-12(13-6-4-2-3-5-7-13)19-10-14-8-16-17(9-15(14)18)21-11-20-16/h8-9,12-13,19H,2-7,10-11H2,1H3/t12-/m0/s1. The molecule has 0 amide bonds. The maximum atomic E-state index is 5.46. The molecule has 21 heavy (non-hydrogen) atoms. The molecule has 1 aromatic rings. The summed E-state index contributed by atoms with van der Waals surface area (Å²) in [5.74, 6) is 2.51. The van der Waals surface area contributed by atoms with Gasteiger partial charge in [0.25, 0.3) is 0 Å². The molecule has 1 fully saturated rings. The van der Waals surface area contributed by atoms with Crippen molar-refractivity contribution in [3.05, 3.63) is 22.2 Å². The minimum atomic E-state index is 0.330. The van der Waals surface area contributed by atoms with Gasteiger partial charge in [-0.25, -0.2) is 0 Å². The van der Waals surface area contributed by atoms with E-state index in [9.17, 15) is 0 Å². The van der Waals surface area contributed by atoms with Crippen LogP contribution in [0.3, 0.4) is 0 Å². The van der Waals surface area contributed by atoms with Crippen molar-refractivity contribution in [2.24, 2.45) is 5.92 Å². The van der Waals surface area contributed by atoms with E-state index in [1.807, 2.05) is 6.07 Å². The van der Waals surface area contributed by atoms with Gasteiger partial charge in [-0.1, -0.05) is 41.6 Å². The van der Waals surface area contributed by atoms with E-state index in [1.165, 1.54) is 44.1 Å². The van der Waals surface area contributed by atoms with Gasteiger partial charge in [-0.3, -0.25) is 0 Å². The van der Waals surface area contributed by atoms with Crippen molar-refractivity contribution in [2.75, 3.05) is 6.79 Å². The highest BCUT2D eigenvalue weighted by Crippen LogP contribution is 2.37. The highest BCUT2D eigenvalue weighted by molar-refractivity contribution is 9.10. The van der Waals surface area contributed by atoms with Gasteiger partial charge in [0.15, 0.2) is 11.5 Å². The average Bonchev–Trinajstić information content (AvgIpc) is 2.75. The number of nitrogens with one attached hydrogen (secondary N) is 1. The van der Waals surface area contributed by atoms with E-state index >= 15 is 0 Å². The molecule has 1 heterocycles. The van der Waals surface area contributed by atoms with E-state index in [4.69, 9.17) is 9.47 Å². The van der Waals surface area contributed by atoms with E-state index in [-0.39, 0.29) is 0 Å². The molecular formula is C17H24BrNO2. The molecule has 3 rings (SSSR count). The molecule has 0 radical (unpaired) electrons. The molecule has 1 atom stereocenters. The van der Waals surface area contributed by atoms with Gasteiger partial charge in [0.05, 0.1) is 0 Å². The lowest BCUT2D eigenvalue weighted by atomic mass is 9.93. The second-order valence-corrected chi connectivity index (χ2v) is 7.07. The normalized spacial score (nSPS) is 20.3. The average molecular weight is 354 g/mol. The van der Waals surface area contributed by atoms with Crippen molar-refractivity contribution in [3.63, 3.8) is 0 Å². The molecule has 0 saturated heterocycles. The summed E-state index contributed by atoms with van der Waals surface area (Å²) < 4.78 is 11.9. The number of hydrogen-bond acceptors (Lipinski definition) is 3. The van der Waals surface area contributed by atoms with Crippen LogP contribution in [0.25, 0.3) is 0 Å². The molecule has 0 unspecified atom stereocenters. The first-order valence-electron chi connectivity index (χ1n) is 8.05. The second-order valence-electron chi connectivity index (χ2n) is 6.22. The van der Waals surface area contributed by atoms with Gasteiger partial charge in [0.1, 0.15) is 0 Å². The minimum absolute atomic E-state index is 0.330. The molecular weight excluding hydrogens is 330 g/mol. The minimum Gasteiger partial charge on any atom is -0.454 e. The monoisotopic (exact) mass is 353 g/mol. The van der Waals surface area contributed by atoms with Crippen LogP contribution in [0.5, 0.6) is 11.5 Å². The van der Waals surface area contributed by atoms with Crippen LogP contribution >= 0.6 is 15.9 Å². The third kappa shape index (κ3) is 3.72. The summed E-state index contributed by atoms with van der Waals surface area (Å²) in [6.45, 7) is 3.53. The Morgan fingerprint density at radius 2 is 1.81 bits per heavy atom. The Balaban J connectivity index is 1.59. The van der Waals surface area contributed by atoms with Crippen LogP contribution in [0.1, 0.15) is 51.0 Å². The molecule has 2 aliphatic rings. The van der Waals surface area contributed by atoms with Gasteiger partial charge >= 0.3 is 0 Å². The van der Waals surface area contributed by atoms with Gasteiger partial charge < -0.3 is 14.8 Å². The zero-order valence-corrected chi connectivity index (χ0v) is 14.2. The number of benzene rings is 1. The SMILES string of the molecule is C[C@H](NCc1cc2c(cc1Br)OCO2)C1CCCCCC1. The van der Waals surface area contributed by atoms with Crippen molar-refractivity contribution in [3.8, 4) is 11.5 Å². The Morgan fingerprint density at radius 3 is 2.52 bits per heavy atom. The maximum Gasteiger partial charge on any atom is 0.231 e. The first kappa shape index (κ1) is 15.2. The van der Waals surface area contributed by atoms with Gasteiger partial charge in [-0.2, -0.15) is 0 Å². The maximum absolute atomic E-state index is 5.46. The van der Waals surface area contributed by atoms with E-state index in [1.54, 1.807) is 0 Å². The van der Waals surface area contributed by atoms with Crippen LogP contribution < -0.4 is 14.8 Å². The zero-order chi connectivity index (χ0) is 14.7. The van der Waals surface area contributed by atoms with Crippen LogP contribution in [0.15, 0.2) is 16.6 Å². The number of hydrogen-bond donors (Lipinski definition) is 1. The summed E-state index contributed by atoms with van der Waals surface area (Å²) in [6.07, 6.45) is 8.36. The van der Waals surface area contributed by atoms with Crippen molar-refractivity contribution < 1.29 is 9.47 Å². The second kappa shape index (κ2) is 7.01. The fourth-order valence-electron chi connectivity index (χ4n) is 3.34. The fraction of sp³-hybridized carbons (Fsp3) is 0.647. The van der Waals surface area contributed by atoms with E-state index in [2.05, 4.69) is 34.2 Å². The van der Waals surface area contributed by atoms with E-state index in [0.717, 1.165) is 28.4 Å². The number of fused-ring (bicyclic) bond motifs is 1. The Morgan fingerprint density at radius 1 is 1.14 bits per heavy atom.